The summed E-state index contributed by atoms with van der Waals surface area (Å²) in [6, 6.07) is 8.85. The molecule has 0 saturated heterocycles. The number of thiol groups is 1. The highest BCUT2D eigenvalue weighted by atomic mass is 32.1. The first-order chi connectivity index (χ1) is 6.81. The second-order valence-corrected chi connectivity index (χ2v) is 4.09. The van der Waals surface area contributed by atoms with E-state index in [9.17, 15) is 0 Å². The summed E-state index contributed by atoms with van der Waals surface area (Å²) in [5.41, 5.74) is 2.72. The summed E-state index contributed by atoms with van der Waals surface area (Å²) >= 11 is 4.22. The molecule has 14 heavy (non-hydrogen) atoms. The van der Waals surface area contributed by atoms with Crippen LogP contribution in [-0.2, 0) is 13.5 Å². The van der Waals surface area contributed by atoms with Crippen molar-refractivity contribution in [3.8, 4) is 0 Å². The van der Waals surface area contributed by atoms with E-state index in [0.717, 1.165) is 18.6 Å². The lowest BCUT2D eigenvalue weighted by Crippen LogP contribution is -1.87. The molecule has 0 aliphatic rings. The normalized spacial score (nSPS) is 11.0. The molecule has 1 heterocycles. The van der Waals surface area contributed by atoms with Crippen molar-refractivity contribution in [1.82, 2.24) is 4.57 Å². The third-order valence-electron chi connectivity index (χ3n) is 2.57. The summed E-state index contributed by atoms with van der Waals surface area (Å²) in [6.07, 6.45) is 4.39. The summed E-state index contributed by atoms with van der Waals surface area (Å²) in [5.74, 6) is 0.965. The molecule has 0 aliphatic carbocycles. The Bertz CT molecular complexity index is 431. The first kappa shape index (κ1) is 9.66. The standard InChI is InChI=1S/C12H15NS/c1-13-7-6-11-9-10(3-2-8-14)4-5-12(11)13/h4-7,9,14H,2-3,8H2,1H3. The first-order valence-electron chi connectivity index (χ1n) is 4.96. The maximum atomic E-state index is 4.22. The number of fused-ring (bicyclic) bond motifs is 1. The average molecular weight is 205 g/mol. The van der Waals surface area contributed by atoms with Gasteiger partial charge in [-0.3, -0.25) is 0 Å². The van der Waals surface area contributed by atoms with Crippen LogP contribution in [0, 0.1) is 0 Å². The molecule has 0 radical (unpaired) electrons. The Morgan fingerprint density at radius 1 is 1.29 bits per heavy atom. The summed E-state index contributed by atoms with van der Waals surface area (Å²) in [7, 11) is 2.08. The van der Waals surface area contributed by atoms with Crippen LogP contribution in [0.4, 0.5) is 0 Å². The van der Waals surface area contributed by atoms with Gasteiger partial charge in [0.15, 0.2) is 0 Å². The molecule has 2 heteroatoms. The van der Waals surface area contributed by atoms with Crippen LogP contribution in [0.1, 0.15) is 12.0 Å². The van der Waals surface area contributed by atoms with Gasteiger partial charge in [-0.05, 0) is 47.7 Å². The monoisotopic (exact) mass is 205 g/mol. The van der Waals surface area contributed by atoms with E-state index in [0.29, 0.717) is 0 Å². The second-order valence-electron chi connectivity index (χ2n) is 3.65. The molecule has 2 aromatic rings. The Balaban J connectivity index is 2.32. The summed E-state index contributed by atoms with van der Waals surface area (Å²) in [4.78, 5) is 0. The van der Waals surface area contributed by atoms with E-state index < -0.39 is 0 Å². The smallest absolute Gasteiger partial charge is 0.0477 e. The largest absolute Gasteiger partial charge is 0.351 e. The van der Waals surface area contributed by atoms with Gasteiger partial charge in [0.05, 0.1) is 0 Å². The maximum Gasteiger partial charge on any atom is 0.0477 e. The SMILES string of the molecule is Cn1ccc2cc(CCCS)ccc21. The number of nitrogens with zero attached hydrogens (tertiary/aromatic N) is 1. The summed E-state index contributed by atoms with van der Waals surface area (Å²) in [6.45, 7) is 0. The van der Waals surface area contributed by atoms with E-state index in [1.807, 2.05) is 0 Å². The van der Waals surface area contributed by atoms with Gasteiger partial charge in [0.2, 0.25) is 0 Å². The van der Waals surface area contributed by atoms with Crippen molar-refractivity contribution in [3.63, 3.8) is 0 Å². The third kappa shape index (κ3) is 1.80. The Hall–Kier alpha value is -0.890. The number of hydrogen-bond donors (Lipinski definition) is 1. The lowest BCUT2D eigenvalue weighted by atomic mass is 10.1. The van der Waals surface area contributed by atoms with Gasteiger partial charge in [-0.1, -0.05) is 6.07 Å². The average Bonchev–Trinajstić information content (AvgIpc) is 2.57. The minimum Gasteiger partial charge on any atom is -0.351 e. The fourth-order valence-corrected chi connectivity index (χ4v) is 1.93. The Morgan fingerprint density at radius 2 is 2.14 bits per heavy atom. The molecule has 0 aliphatic heterocycles. The predicted octanol–water partition coefficient (Wildman–Crippen LogP) is 3.04. The van der Waals surface area contributed by atoms with Crippen LogP contribution in [0.5, 0.6) is 0 Å². The van der Waals surface area contributed by atoms with E-state index in [4.69, 9.17) is 0 Å². The van der Waals surface area contributed by atoms with Crippen molar-refractivity contribution in [2.45, 2.75) is 12.8 Å². The molecule has 74 valence electrons. The highest BCUT2D eigenvalue weighted by Gasteiger charge is 1.98. The van der Waals surface area contributed by atoms with Gasteiger partial charge >= 0.3 is 0 Å². The third-order valence-corrected chi connectivity index (χ3v) is 2.89. The number of rotatable bonds is 3. The molecule has 1 nitrogen and oxygen atoms in total. The highest BCUT2D eigenvalue weighted by molar-refractivity contribution is 7.80. The van der Waals surface area contributed by atoms with Gasteiger partial charge in [0, 0.05) is 18.8 Å². The lowest BCUT2D eigenvalue weighted by molar-refractivity contribution is 0.936. The van der Waals surface area contributed by atoms with Gasteiger partial charge in [0.1, 0.15) is 0 Å². The van der Waals surface area contributed by atoms with Gasteiger partial charge in [-0.15, -0.1) is 0 Å². The molecule has 0 spiro atoms. The molecule has 0 bridgehead atoms. The Kier molecular flexibility index (Phi) is 2.82. The molecule has 1 aromatic carbocycles. The van der Waals surface area contributed by atoms with E-state index in [-0.39, 0.29) is 0 Å². The zero-order chi connectivity index (χ0) is 9.97. The van der Waals surface area contributed by atoms with Crippen molar-refractivity contribution >= 4 is 23.5 Å². The van der Waals surface area contributed by atoms with Crippen LogP contribution in [-0.4, -0.2) is 10.3 Å². The van der Waals surface area contributed by atoms with Crippen LogP contribution in [0.2, 0.25) is 0 Å². The molecule has 0 saturated carbocycles. The molecular weight excluding hydrogens is 190 g/mol. The molecule has 0 N–H and O–H groups in total. The molecule has 0 atom stereocenters. The predicted molar refractivity (Wildman–Crippen MR) is 65.1 cm³/mol. The molecular formula is C12H15NS. The van der Waals surface area contributed by atoms with Crippen LogP contribution in [0.3, 0.4) is 0 Å². The lowest BCUT2D eigenvalue weighted by Gasteiger charge is -2.01. The minimum atomic E-state index is 0.965. The van der Waals surface area contributed by atoms with Gasteiger partial charge in [-0.25, -0.2) is 0 Å². The number of hydrogen-bond acceptors (Lipinski definition) is 1. The van der Waals surface area contributed by atoms with Crippen LogP contribution >= 0.6 is 12.6 Å². The van der Waals surface area contributed by atoms with Gasteiger partial charge in [0.25, 0.3) is 0 Å². The van der Waals surface area contributed by atoms with E-state index in [1.165, 1.54) is 16.5 Å². The fourth-order valence-electron chi connectivity index (χ4n) is 1.77. The fraction of sp³-hybridized carbons (Fsp3) is 0.333. The number of aromatic nitrogens is 1. The zero-order valence-electron chi connectivity index (χ0n) is 8.40. The van der Waals surface area contributed by atoms with E-state index in [2.05, 4.69) is 54.7 Å². The van der Waals surface area contributed by atoms with Gasteiger partial charge < -0.3 is 4.57 Å². The van der Waals surface area contributed by atoms with Crippen molar-refractivity contribution in [1.29, 1.82) is 0 Å². The quantitative estimate of drug-likeness (QED) is 0.735. The van der Waals surface area contributed by atoms with Crippen LogP contribution in [0.25, 0.3) is 10.9 Å². The molecule has 0 unspecified atom stereocenters. The maximum absolute atomic E-state index is 4.22. The summed E-state index contributed by atoms with van der Waals surface area (Å²) < 4.78 is 2.15. The topological polar surface area (TPSA) is 4.93 Å². The number of benzene rings is 1. The van der Waals surface area contributed by atoms with Crippen molar-refractivity contribution in [2.75, 3.05) is 5.75 Å². The van der Waals surface area contributed by atoms with Crippen molar-refractivity contribution in [2.24, 2.45) is 7.05 Å². The molecule has 0 fully saturated rings. The number of aryl methyl sites for hydroxylation is 2. The Labute approximate surface area is 90.1 Å². The van der Waals surface area contributed by atoms with E-state index in [1.54, 1.807) is 0 Å². The van der Waals surface area contributed by atoms with Gasteiger partial charge in [-0.2, -0.15) is 12.6 Å². The van der Waals surface area contributed by atoms with Crippen molar-refractivity contribution in [3.05, 3.63) is 36.0 Å². The van der Waals surface area contributed by atoms with E-state index >= 15 is 0 Å². The summed E-state index contributed by atoms with van der Waals surface area (Å²) in [5, 5.41) is 1.34. The molecule has 0 amide bonds. The first-order valence-corrected chi connectivity index (χ1v) is 5.59. The van der Waals surface area contributed by atoms with Crippen LogP contribution in [0.15, 0.2) is 30.5 Å². The van der Waals surface area contributed by atoms with Crippen LogP contribution < -0.4 is 0 Å². The zero-order valence-corrected chi connectivity index (χ0v) is 9.30. The highest BCUT2D eigenvalue weighted by Crippen LogP contribution is 2.17. The molecule has 2 rings (SSSR count). The molecule has 1 aromatic heterocycles. The van der Waals surface area contributed by atoms with Crippen molar-refractivity contribution < 1.29 is 0 Å². The minimum absolute atomic E-state index is 0.965. The second kappa shape index (κ2) is 4.09. The Morgan fingerprint density at radius 3 is 2.93 bits per heavy atom.